The fraction of sp³-hybridized carbons (Fsp3) is 0.385. The lowest BCUT2D eigenvalue weighted by Gasteiger charge is -2.20. The molecule has 176 valence electrons. The van der Waals surface area contributed by atoms with E-state index < -0.39 is 0 Å². The smallest absolute Gasteiger partial charge is 0.289 e. The van der Waals surface area contributed by atoms with Crippen LogP contribution in [0, 0.1) is 13.8 Å². The summed E-state index contributed by atoms with van der Waals surface area (Å²) in [7, 11) is 0. The number of aryl methyl sites for hydroxylation is 3. The second kappa shape index (κ2) is 8.93. The third-order valence-electron chi connectivity index (χ3n) is 6.28. The van der Waals surface area contributed by atoms with Crippen LogP contribution < -0.4 is 16.0 Å². The summed E-state index contributed by atoms with van der Waals surface area (Å²) in [6.45, 7) is 8.88. The zero-order chi connectivity index (χ0) is 23.8. The van der Waals surface area contributed by atoms with Crippen LogP contribution in [0.5, 0.6) is 0 Å². The van der Waals surface area contributed by atoms with Gasteiger partial charge in [-0.2, -0.15) is 0 Å². The van der Waals surface area contributed by atoms with Crippen LogP contribution in [0.2, 0.25) is 0 Å². The Morgan fingerprint density at radius 3 is 2.68 bits per heavy atom. The molecule has 5 rings (SSSR count). The molecule has 2 aliphatic rings. The van der Waals surface area contributed by atoms with Gasteiger partial charge < -0.3 is 20.7 Å². The van der Waals surface area contributed by atoms with Gasteiger partial charge in [-0.15, -0.1) is 0 Å². The summed E-state index contributed by atoms with van der Waals surface area (Å²) in [5.74, 6) is 1.45. The van der Waals surface area contributed by atoms with Gasteiger partial charge in [-0.05, 0) is 80.5 Å². The van der Waals surface area contributed by atoms with Crippen molar-refractivity contribution in [2.24, 2.45) is 4.99 Å². The van der Waals surface area contributed by atoms with E-state index in [4.69, 9.17) is 14.7 Å². The Hall–Kier alpha value is -3.68. The number of hydrogen-bond donors (Lipinski definition) is 3. The van der Waals surface area contributed by atoms with Crippen molar-refractivity contribution in [3.63, 3.8) is 0 Å². The number of carbonyl (C=O) groups is 1. The average molecular weight is 459 g/mol. The van der Waals surface area contributed by atoms with Crippen molar-refractivity contribution in [2.75, 3.05) is 29.1 Å². The largest absolute Gasteiger partial charge is 0.463 e. The van der Waals surface area contributed by atoms with Gasteiger partial charge in [0.2, 0.25) is 5.91 Å². The highest BCUT2D eigenvalue weighted by Crippen LogP contribution is 2.38. The third kappa shape index (κ3) is 4.40. The van der Waals surface area contributed by atoms with E-state index in [9.17, 15) is 4.79 Å². The molecule has 3 aromatic rings. The molecule has 34 heavy (non-hydrogen) atoms. The second-order valence-electron chi connectivity index (χ2n) is 9.09. The lowest BCUT2D eigenvalue weighted by molar-refractivity contribution is -0.114. The number of nitrogens with one attached hydrogen (secondary N) is 3. The minimum absolute atomic E-state index is 0.0305. The molecular formula is C26H30N6O2. The molecule has 1 amide bonds. The number of ether oxygens (including phenoxy) is 1. The van der Waals surface area contributed by atoms with Gasteiger partial charge in [0.15, 0.2) is 0 Å². The number of amides is 1. The molecule has 0 radical (unpaired) electrons. The highest BCUT2D eigenvalue weighted by Gasteiger charge is 2.23. The van der Waals surface area contributed by atoms with E-state index in [1.165, 1.54) is 18.1 Å². The van der Waals surface area contributed by atoms with Gasteiger partial charge >= 0.3 is 0 Å². The fourth-order valence-electron chi connectivity index (χ4n) is 4.86. The number of aromatic nitrogens is 2. The van der Waals surface area contributed by atoms with E-state index in [2.05, 4.69) is 40.0 Å². The Labute approximate surface area is 199 Å². The van der Waals surface area contributed by atoms with Crippen LogP contribution in [0.3, 0.4) is 0 Å². The number of fused-ring (bicyclic) bond motifs is 3. The third-order valence-corrected chi connectivity index (χ3v) is 6.28. The molecule has 2 heterocycles. The molecule has 0 unspecified atom stereocenters. The molecule has 8 heteroatoms. The molecule has 3 N–H and O–H groups in total. The maximum atomic E-state index is 11.6. The first-order chi connectivity index (χ1) is 16.4. The van der Waals surface area contributed by atoms with Crippen molar-refractivity contribution in [1.82, 2.24) is 9.97 Å². The first-order valence-corrected chi connectivity index (χ1v) is 11.8. The summed E-state index contributed by atoms with van der Waals surface area (Å²) in [5, 5.41) is 10.9. The molecule has 1 aromatic heterocycles. The van der Waals surface area contributed by atoms with E-state index in [0.717, 1.165) is 64.3 Å². The normalized spacial score (nSPS) is 15.5. The minimum atomic E-state index is -0.0840. The first kappa shape index (κ1) is 22.1. The van der Waals surface area contributed by atoms with Crippen LogP contribution in [-0.4, -0.2) is 35.0 Å². The van der Waals surface area contributed by atoms with Crippen LogP contribution in [0.4, 0.5) is 17.2 Å². The molecule has 8 nitrogen and oxygen atoms in total. The highest BCUT2D eigenvalue weighted by molar-refractivity contribution is 6.00. The topological polar surface area (TPSA) is 101 Å². The molecule has 0 saturated heterocycles. The predicted molar refractivity (Wildman–Crippen MR) is 136 cm³/mol. The number of nitrogens with zero attached hydrogens (tertiary/aromatic N) is 3. The molecule has 1 aliphatic heterocycles. The number of amidine groups is 1. The monoisotopic (exact) mass is 458 g/mol. The van der Waals surface area contributed by atoms with E-state index >= 15 is 0 Å². The molecule has 1 aliphatic carbocycles. The van der Waals surface area contributed by atoms with Gasteiger partial charge in [-0.3, -0.25) is 4.79 Å². The molecule has 0 saturated carbocycles. The summed E-state index contributed by atoms with van der Waals surface area (Å²) in [6, 6.07) is 8.77. The van der Waals surface area contributed by atoms with E-state index in [-0.39, 0.29) is 11.9 Å². The quantitative estimate of drug-likeness (QED) is 0.514. The van der Waals surface area contributed by atoms with Crippen LogP contribution >= 0.6 is 0 Å². The van der Waals surface area contributed by atoms with Crippen molar-refractivity contribution >= 4 is 40.0 Å². The Kier molecular flexibility index (Phi) is 5.81. The first-order valence-electron chi connectivity index (χ1n) is 11.8. The van der Waals surface area contributed by atoms with Gasteiger partial charge in [-0.25, -0.2) is 15.0 Å². The highest BCUT2D eigenvalue weighted by atomic mass is 16.5. The lowest BCUT2D eigenvalue weighted by Crippen LogP contribution is -2.14. The number of carbonyl (C=O) groups excluding carboxylic acids is 1. The number of hydrogen-bond acceptors (Lipinski definition) is 7. The molecule has 0 spiro atoms. The average Bonchev–Trinajstić information content (AvgIpc) is 3.46. The minimum Gasteiger partial charge on any atom is -0.463 e. The van der Waals surface area contributed by atoms with Gasteiger partial charge in [0.05, 0.1) is 18.1 Å². The van der Waals surface area contributed by atoms with Crippen molar-refractivity contribution in [2.45, 2.75) is 53.0 Å². The number of rotatable bonds is 5. The maximum Gasteiger partial charge on any atom is 0.289 e. The standard InChI is InChI=1S/C26H30N6O2/c1-14-10-18(12-19(11-14)31-17(4)33)15(2)28-25-22-13-23(32-26-27-8-9-34-26)20-6-5-7-21(20)24(22)29-16(3)30-25/h10-13,15H,5-9H2,1-4H3,(H,27,32)(H,31,33)(H,28,29,30)/t15-/m1/s1. The van der Waals surface area contributed by atoms with Gasteiger partial charge in [0.1, 0.15) is 18.2 Å². The van der Waals surface area contributed by atoms with E-state index in [1.807, 2.05) is 26.0 Å². The van der Waals surface area contributed by atoms with Crippen molar-refractivity contribution in [3.8, 4) is 0 Å². The van der Waals surface area contributed by atoms with Gasteiger partial charge in [0.25, 0.3) is 6.02 Å². The summed E-state index contributed by atoms with van der Waals surface area (Å²) in [4.78, 5) is 25.6. The Bertz CT molecular complexity index is 1320. The van der Waals surface area contributed by atoms with E-state index in [1.54, 1.807) is 0 Å². The summed E-state index contributed by atoms with van der Waals surface area (Å²) in [5.41, 5.74) is 7.55. The summed E-state index contributed by atoms with van der Waals surface area (Å²) in [6.07, 6.45) is 3.12. The molecule has 2 aromatic carbocycles. The SMILES string of the molecule is CC(=O)Nc1cc(C)cc([C@@H](C)Nc2nc(C)nc3c4c(c(NC5=NCCO5)cc23)CCC4)c1. The van der Waals surface area contributed by atoms with Crippen molar-refractivity contribution in [3.05, 3.63) is 52.3 Å². The second-order valence-corrected chi connectivity index (χ2v) is 9.09. The van der Waals surface area contributed by atoms with Crippen LogP contribution in [0.1, 0.15) is 54.4 Å². The van der Waals surface area contributed by atoms with Crippen molar-refractivity contribution < 1.29 is 9.53 Å². The zero-order valence-electron chi connectivity index (χ0n) is 20.1. The Morgan fingerprint density at radius 1 is 1.09 bits per heavy atom. The Balaban J connectivity index is 1.54. The van der Waals surface area contributed by atoms with Crippen LogP contribution in [-0.2, 0) is 22.4 Å². The zero-order valence-corrected chi connectivity index (χ0v) is 20.1. The lowest BCUT2D eigenvalue weighted by atomic mass is 10.0. The fourth-order valence-corrected chi connectivity index (χ4v) is 4.86. The molecular weight excluding hydrogens is 428 g/mol. The number of anilines is 3. The predicted octanol–water partition coefficient (Wildman–Crippen LogP) is 4.66. The number of aliphatic imine (C=N–C) groups is 1. The van der Waals surface area contributed by atoms with Gasteiger partial charge in [-0.1, -0.05) is 6.07 Å². The number of benzene rings is 2. The summed E-state index contributed by atoms with van der Waals surface area (Å²) < 4.78 is 5.61. The van der Waals surface area contributed by atoms with Crippen LogP contribution in [0.25, 0.3) is 10.9 Å². The molecule has 0 bridgehead atoms. The summed E-state index contributed by atoms with van der Waals surface area (Å²) >= 11 is 0. The van der Waals surface area contributed by atoms with E-state index in [0.29, 0.717) is 19.2 Å². The molecule has 1 atom stereocenters. The maximum absolute atomic E-state index is 11.6. The Morgan fingerprint density at radius 2 is 1.91 bits per heavy atom. The van der Waals surface area contributed by atoms with Crippen LogP contribution in [0.15, 0.2) is 29.3 Å². The van der Waals surface area contributed by atoms with Gasteiger partial charge in [0, 0.05) is 23.7 Å². The molecule has 0 fully saturated rings. The van der Waals surface area contributed by atoms with Crippen molar-refractivity contribution in [1.29, 1.82) is 0 Å².